The molecule has 2 atom stereocenters. The van der Waals surface area contributed by atoms with Gasteiger partial charge in [-0.2, -0.15) is 4.31 Å². The van der Waals surface area contributed by atoms with Crippen LogP contribution in [0.3, 0.4) is 0 Å². The Morgan fingerprint density at radius 1 is 1.05 bits per heavy atom. The molecule has 0 bridgehead atoms. The average molecular weight is 615 g/mol. The van der Waals surface area contributed by atoms with Crippen LogP contribution in [0.5, 0.6) is 0 Å². The molecule has 3 aromatic rings. The highest BCUT2D eigenvalue weighted by Crippen LogP contribution is 2.35. The number of sulfonamides is 1. The zero-order valence-electron chi connectivity index (χ0n) is 22.9. The topological polar surface area (TPSA) is 98.8 Å². The normalized spacial score (nSPS) is 22.3. The summed E-state index contributed by atoms with van der Waals surface area (Å²) in [7, 11) is -4.00. The van der Waals surface area contributed by atoms with Crippen LogP contribution in [0.2, 0.25) is 5.02 Å². The van der Waals surface area contributed by atoms with Crippen molar-refractivity contribution < 1.29 is 18.0 Å². The van der Waals surface area contributed by atoms with Crippen molar-refractivity contribution in [2.75, 3.05) is 26.2 Å². The number of aryl methyl sites for hydroxylation is 1. The van der Waals surface area contributed by atoms with Crippen LogP contribution in [0.4, 0.5) is 0 Å². The Balaban J connectivity index is 1.16. The van der Waals surface area contributed by atoms with E-state index in [0.717, 1.165) is 65.9 Å². The highest BCUT2D eigenvalue weighted by Gasteiger charge is 2.40. The van der Waals surface area contributed by atoms with E-state index in [4.69, 9.17) is 11.6 Å². The second-order valence-corrected chi connectivity index (χ2v) is 14.9. The Labute approximate surface area is 250 Å². The van der Waals surface area contributed by atoms with Crippen LogP contribution < -0.4 is 10.6 Å². The fourth-order valence-electron chi connectivity index (χ4n) is 6.33. The van der Waals surface area contributed by atoms with Crippen LogP contribution in [0.15, 0.2) is 46.7 Å². The quantitative estimate of drug-likeness (QED) is 0.405. The van der Waals surface area contributed by atoms with E-state index in [2.05, 4.69) is 33.7 Å². The third-order valence-corrected chi connectivity index (χ3v) is 12.1. The molecule has 2 aromatic carbocycles. The molecule has 0 saturated carbocycles. The number of piperidine rings is 1. The maximum absolute atomic E-state index is 13.7. The van der Waals surface area contributed by atoms with Crippen molar-refractivity contribution in [3.05, 3.63) is 64.2 Å². The first-order valence-corrected chi connectivity index (χ1v) is 17.0. The molecule has 0 radical (unpaired) electrons. The molecule has 2 aliphatic heterocycles. The van der Waals surface area contributed by atoms with Crippen molar-refractivity contribution >= 4 is 54.9 Å². The summed E-state index contributed by atoms with van der Waals surface area (Å²) in [4.78, 5) is 28.7. The molecule has 41 heavy (non-hydrogen) atoms. The van der Waals surface area contributed by atoms with Gasteiger partial charge in [0.25, 0.3) is 10.0 Å². The van der Waals surface area contributed by atoms with Crippen LogP contribution in [0.25, 0.3) is 10.1 Å². The van der Waals surface area contributed by atoms with E-state index in [1.54, 1.807) is 24.3 Å². The Kier molecular flexibility index (Phi) is 8.38. The fraction of sp³-hybridized carbons (Fsp3) is 0.467. The standard InChI is InChI=1S/C30H35ClN4O4S2/c31-23-8-10-27-22(16-23)17-29(40-27)41(38,39)35-14-11-32-30(37)26(35)18-28(36)33-25-6-4-5-21-15-20(7-9-24(21)25)19-34-12-2-1-3-13-34/h7-10,15-17,25-26H,1-6,11-14,18-19H2,(H,32,37)(H,33,36)/t25-,26?/m1/s1. The van der Waals surface area contributed by atoms with E-state index in [0.29, 0.717) is 5.02 Å². The molecule has 0 spiro atoms. The fourth-order valence-corrected chi connectivity index (χ4v) is 9.61. The molecule has 218 valence electrons. The number of fused-ring (bicyclic) bond motifs is 2. The van der Waals surface area contributed by atoms with Crippen LogP contribution in [0.1, 0.15) is 61.3 Å². The molecule has 2 amide bonds. The Hall–Kier alpha value is -2.50. The van der Waals surface area contributed by atoms with Crippen LogP contribution in [0, 0.1) is 0 Å². The summed E-state index contributed by atoms with van der Waals surface area (Å²) in [5, 5.41) is 7.11. The van der Waals surface area contributed by atoms with Gasteiger partial charge in [-0.3, -0.25) is 14.5 Å². The summed E-state index contributed by atoms with van der Waals surface area (Å²) in [6, 6.07) is 12.1. The van der Waals surface area contributed by atoms with Crippen LogP contribution in [-0.2, 0) is 32.6 Å². The number of rotatable bonds is 7. The summed E-state index contributed by atoms with van der Waals surface area (Å²) in [6.07, 6.45) is 6.35. The summed E-state index contributed by atoms with van der Waals surface area (Å²) < 4.78 is 29.5. The second-order valence-electron chi connectivity index (χ2n) is 11.3. The second kappa shape index (κ2) is 12.0. The third-order valence-electron chi connectivity index (χ3n) is 8.39. The maximum Gasteiger partial charge on any atom is 0.253 e. The number of carbonyl (C=O) groups excluding carboxylic acids is 2. The number of benzene rings is 2. The lowest BCUT2D eigenvalue weighted by Gasteiger charge is -2.34. The van der Waals surface area contributed by atoms with Gasteiger partial charge in [0, 0.05) is 29.4 Å². The van der Waals surface area contributed by atoms with Gasteiger partial charge < -0.3 is 10.6 Å². The first kappa shape index (κ1) is 28.6. The monoisotopic (exact) mass is 614 g/mol. The predicted molar refractivity (Wildman–Crippen MR) is 162 cm³/mol. The molecular weight excluding hydrogens is 580 g/mol. The summed E-state index contributed by atoms with van der Waals surface area (Å²) in [5.41, 5.74) is 3.69. The van der Waals surface area contributed by atoms with Crippen molar-refractivity contribution in [1.29, 1.82) is 0 Å². The first-order chi connectivity index (χ1) is 19.8. The number of hydrogen-bond donors (Lipinski definition) is 2. The number of carbonyl (C=O) groups is 2. The molecule has 1 unspecified atom stereocenters. The maximum atomic E-state index is 13.7. The number of amides is 2. The molecule has 2 saturated heterocycles. The lowest BCUT2D eigenvalue weighted by molar-refractivity contribution is -0.132. The minimum atomic E-state index is -4.00. The average Bonchev–Trinajstić information content (AvgIpc) is 3.39. The number of thiophene rings is 1. The van der Waals surface area contributed by atoms with Gasteiger partial charge in [-0.1, -0.05) is 36.2 Å². The Morgan fingerprint density at radius 2 is 1.88 bits per heavy atom. The molecule has 3 heterocycles. The highest BCUT2D eigenvalue weighted by atomic mass is 35.5. The van der Waals surface area contributed by atoms with E-state index in [1.807, 2.05) is 0 Å². The third kappa shape index (κ3) is 6.17. The van der Waals surface area contributed by atoms with Crippen LogP contribution in [-0.4, -0.2) is 61.7 Å². The van der Waals surface area contributed by atoms with Gasteiger partial charge in [-0.15, -0.1) is 11.3 Å². The summed E-state index contributed by atoms with van der Waals surface area (Å²) in [5.74, 6) is -0.781. The van der Waals surface area contributed by atoms with E-state index in [-0.39, 0.29) is 35.7 Å². The molecule has 2 fully saturated rings. The zero-order valence-corrected chi connectivity index (χ0v) is 25.3. The summed E-state index contributed by atoms with van der Waals surface area (Å²) >= 11 is 7.23. The zero-order chi connectivity index (χ0) is 28.6. The largest absolute Gasteiger partial charge is 0.353 e. The lowest BCUT2D eigenvalue weighted by Crippen LogP contribution is -2.58. The molecule has 3 aliphatic rings. The minimum absolute atomic E-state index is 0.104. The SMILES string of the molecule is O=C(CC1C(=O)NCCN1S(=O)(=O)c1cc2cc(Cl)ccc2s1)N[C@@H]1CCCc2cc(CN3CCCCC3)ccc21. The van der Waals surface area contributed by atoms with E-state index in [1.165, 1.54) is 34.7 Å². The lowest BCUT2D eigenvalue weighted by atomic mass is 9.86. The number of likely N-dealkylation sites (tertiary alicyclic amines) is 1. The van der Waals surface area contributed by atoms with Crippen molar-refractivity contribution in [1.82, 2.24) is 19.8 Å². The van der Waals surface area contributed by atoms with Crippen molar-refractivity contribution in [3.8, 4) is 0 Å². The van der Waals surface area contributed by atoms with Crippen molar-refractivity contribution in [2.45, 2.75) is 67.8 Å². The molecule has 2 N–H and O–H groups in total. The number of nitrogens with zero attached hydrogens (tertiary/aromatic N) is 2. The molecule has 6 rings (SSSR count). The van der Waals surface area contributed by atoms with Crippen molar-refractivity contribution in [2.24, 2.45) is 0 Å². The van der Waals surface area contributed by atoms with Gasteiger partial charge in [-0.05, 0) is 91.5 Å². The molecule has 11 heteroatoms. The number of piperazine rings is 1. The summed E-state index contributed by atoms with van der Waals surface area (Å²) in [6.45, 7) is 3.55. The number of hydrogen-bond acceptors (Lipinski definition) is 6. The predicted octanol–water partition coefficient (Wildman–Crippen LogP) is 4.61. The molecule has 8 nitrogen and oxygen atoms in total. The minimum Gasteiger partial charge on any atom is -0.353 e. The van der Waals surface area contributed by atoms with Gasteiger partial charge in [0.2, 0.25) is 11.8 Å². The van der Waals surface area contributed by atoms with E-state index < -0.39 is 22.0 Å². The van der Waals surface area contributed by atoms with Gasteiger partial charge in [0.05, 0.1) is 12.5 Å². The Bertz CT molecular complexity index is 1570. The number of halogens is 1. The number of nitrogens with one attached hydrogen (secondary N) is 2. The van der Waals surface area contributed by atoms with Gasteiger partial charge in [0.1, 0.15) is 10.3 Å². The highest BCUT2D eigenvalue weighted by molar-refractivity contribution is 7.91. The Morgan fingerprint density at radius 3 is 2.71 bits per heavy atom. The van der Waals surface area contributed by atoms with Gasteiger partial charge >= 0.3 is 0 Å². The van der Waals surface area contributed by atoms with Crippen molar-refractivity contribution in [3.63, 3.8) is 0 Å². The first-order valence-electron chi connectivity index (χ1n) is 14.4. The molecule has 1 aromatic heterocycles. The van der Waals surface area contributed by atoms with E-state index >= 15 is 0 Å². The molecular formula is C30H35ClN4O4S2. The molecule has 1 aliphatic carbocycles. The smallest absolute Gasteiger partial charge is 0.253 e. The van der Waals surface area contributed by atoms with Crippen LogP contribution >= 0.6 is 22.9 Å². The van der Waals surface area contributed by atoms with Gasteiger partial charge in [0.15, 0.2) is 0 Å². The van der Waals surface area contributed by atoms with E-state index in [9.17, 15) is 18.0 Å². The van der Waals surface area contributed by atoms with Gasteiger partial charge in [-0.25, -0.2) is 8.42 Å².